The van der Waals surface area contributed by atoms with Crippen molar-refractivity contribution in [1.82, 2.24) is 14.7 Å². The average Bonchev–Trinajstić information content (AvgIpc) is 2.70. The third-order valence-electron chi connectivity index (χ3n) is 4.83. The van der Waals surface area contributed by atoms with Gasteiger partial charge in [-0.25, -0.2) is 4.79 Å². The molecule has 5 nitrogen and oxygen atoms in total. The van der Waals surface area contributed by atoms with E-state index in [1.165, 1.54) is 0 Å². The van der Waals surface area contributed by atoms with E-state index in [2.05, 4.69) is 37.5 Å². The minimum Gasteiger partial charge on any atom is -0.379 e. The lowest BCUT2D eigenvalue weighted by Gasteiger charge is -2.34. The first kappa shape index (κ1) is 16.6. The standard InChI is InChI=1S/C16H31N3O2/c1-12(2)14-15(13(3)4)19(16(20)17(14)5)7-6-18-8-10-21-11-9-18/h12-15H,6-11H2,1-5H3. The van der Waals surface area contributed by atoms with Crippen LogP contribution in [0.4, 0.5) is 4.79 Å². The summed E-state index contributed by atoms with van der Waals surface area (Å²) in [6.45, 7) is 14.3. The summed E-state index contributed by atoms with van der Waals surface area (Å²) in [6.07, 6.45) is 0. The molecule has 2 saturated heterocycles. The van der Waals surface area contributed by atoms with Gasteiger partial charge in [-0.3, -0.25) is 4.90 Å². The second-order valence-corrected chi connectivity index (χ2v) is 7.01. The Morgan fingerprint density at radius 3 is 2.14 bits per heavy atom. The van der Waals surface area contributed by atoms with Crippen molar-refractivity contribution < 1.29 is 9.53 Å². The molecule has 0 saturated carbocycles. The van der Waals surface area contributed by atoms with Crippen LogP contribution < -0.4 is 0 Å². The molecule has 0 aromatic heterocycles. The van der Waals surface area contributed by atoms with Gasteiger partial charge in [-0.05, 0) is 11.8 Å². The van der Waals surface area contributed by atoms with Crippen LogP contribution in [0.5, 0.6) is 0 Å². The third kappa shape index (κ3) is 3.51. The van der Waals surface area contributed by atoms with Gasteiger partial charge < -0.3 is 14.5 Å². The zero-order valence-electron chi connectivity index (χ0n) is 14.2. The molecule has 5 heteroatoms. The summed E-state index contributed by atoms with van der Waals surface area (Å²) in [6, 6.07) is 0.839. The van der Waals surface area contributed by atoms with Crippen molar-refractivity contribution in [2.24, 2.45) is 11.8 Å². The predicted octanol–water partition coefficient (Wildman–Crippen LogP) is 1.74. The van der Waals surface area contributed by atoms with Crippen LogP contribution in [0, 0.1) is 11.8 Å². The van der Waals surface area contributed by atoms with Crippen molar-refractivity contribution in [3.8, 4) is 0 Å². The summed E-state index contributed by atoms with van der Waals surface area (Å²) in [5.74, 6) is 0.968. The molecule has 0 bridgehead atoms. The lowest BCUT2D eigenvalue weighted by Crippen LogP contribution is -2.47. The maximum atomic E-state index is 12.6. The molecule has 0 N–H and O–H groups in total. The molecule has 122 valence electrons. The fourth-order valence-electron chi connectivity index (χ4n) is 3.79. The number of likely N-dealkylation sites (N-methyl/N-ethyl adjacent to an activating group) is 1. The van der Waals surface area contributed by atoms with Crippen LogP contribution in [0.2, 0.25) is 0 Å². The predicted molar refractivity (Wildman–Crippen MR) is 84.4 cm³/mol. The summed E-state index contributed by atoms with van der Waals surface area (Å²) in [7, 11) is 1.96. The monoisotopic (exact) mass is 297 g/mol. The van der Waals surface area contributed by atoms with Crippen LogP contribution in [0.3, 0.4) is 0 Å². The van der Waals surface area contributed by atoms with Gasteiger partial charge in [0.1, 0.15) is 0 Å². The minimum absolute atomic E-state index is 0.195. The smallest absolute Gasteiger partial charge is 0.320 e. The van der Waals surface area contributed by atoms with E-state index in [0.29, 0.717) is 23.9 Å². The lowest BCUT2D eigenvalue weighted by molar-refractivity contribution is 0.0331. The number of hydrogen-bond acceptors (Lipinski definition) is 3. The molecule has 0 aliphatic carbocycles. The highest BCUT2D eigenvalue weighted by molar-refractivity contribution is 5.77. The Labute approximate surface area is 129 Å². The van der Waals surface area contributed by atoms with E-state index < -0.39 is 0 Å². The number of nitrogens with zero attached hydrogens (tertiary/aromatic N) is 3. The fraction of sp³-hybridized carbons (Fsp3) is 0.938. The summed E-state index contributed by atoms with van der Waals surface area (Å²) in [5, 5.41) is 0. The Kier molecular flexibility index (Phi) is 5.49. The van der Waals surface area contributed by atoms with Crippen LogP contribution in [0.15, 0.2) is 0 Å². The quantitative estimate of drug-likeness (QED) is 0.775. The van der Waals surface area contributed by atoms with Gasteiger partial charge in [0.2, 0.25) is 0 Å². The van der Waals surface area contributed by atoms with Gasteiger partial charge in [-0.2, -0.15) is 0 Å². The Morgan fingerprint density at radius 1 is 1.05 bits per heavy atom. The van der Waals surface area contributed by atoms with Crippen molar-refractivity contribution in [3.05, 3.63) is 0 Å². The zero-order valence-corrected chi connectivity index (χ0v) is 14.2. The van der Waals surface area contributed by atoms with E-state index >= 15 is 0 Å². The summed E-state index contributed by atoms with van der Waals surface area (Å²) in [4.78, 5) is 19.1. The van der Waals surface area contributed by atoms with E-state index in [1.54, 1.807) is 0 Å². The number of rotatable bonds is 5. The van der Waals surface area contributed by atoms with Gasteiger partial charge in [0.25, 0.3) is 0 Å². The van der Waals surface area contributed by atoms with E-state index in [1.807, 2.05) is 11.9 Å². The van der Waals surface area contributed by atoms with Crippen molar-refractivity contribution >= 4 is 6.03 Å². The topological polar surface area (TPSA) is 36.0 Å². The maximum Gasteiger partial charge on any atom is 0.320 e. The van der Waals surface area contributed by atoms with Crippen LogP contribution in [0.1, 0.15) is 27.7 Å². The normalized spacial score (nSPS) is 28.2. The highest BCUT2D eigenvalue weighted by Crippen LogP contribution is 2.31. The molecule has 0 radical (unpaired) electrons. The SMILES string of the molecule is CC(C)C1C(C(C)C)N(CCN2CCOCC2)C(=O)N1C. The molecule has 2 amide bonds. The molecule has 21 heavy (non-hydrogen) atoms. The summed E-state index contributed by atoms with van der Waals surface area (Å²) < 4.78 is 5.39. The molecule has 2 aliphatic heterocycles. The average molecular weight is 297 g/mol. The molecule has 0 aromatic rings. The van der Waals surface area contributed by atoms with Gasteiger partial charge in [0.05, 0.1) is 25.3 Å². The minimum atomic E-state index is 0.195. The first-order chi connectivity index (χ1) is 9.93. The molecule has 2 unspecified atom stereocenters. The van der Waals surface area contributed by atoms with E-state index in [4.69, 9.17) is 4.74 Å². The molecule has 2 aliphatic rings. The van der Waals surface area contributed by atoms with E-state index in [-0.39, 0.29) is 6.03 Å². The first-order valence-corrected chi connectivity index (χ1v) is 8.27. The second kappa shape index (κ2) is 6.97. The van der Waals surface area contributed by atoms with Crippen LogP contribution in [0.25, 0.3) is 0 Å². The molecular weight excluding hydrogens is 266 g/mol. The van der Waals surface area contributed by atoms with Crippen LogP contribution in [-0.2, 0) is 4.74 Å². The van der Waals surface area contributed by atoms with Gasteiger partial charge in [0.15, 0.2) is 0 Å². The van der Waals surface area contributed by atoms with Gasteiger partial charge >= 0.3 is 6.03 Å². The largest absolute Gasteiger partial charge is 0.379 e. The van der Waals surface area contributed by atoms with Crippen molar-refractivity contribution in [2.75, 3.05) is 46.4 Å². The van der Waals surface area contributed by atoms with Crippen molar-refractivity contribution in [2.45, 2.75) is 39.8 Å². The Morgan fingerprint density at radius 2 is 1.62 bits per heavy atom. The first-order valence-electron chi connectivity index (χ1n) is 8.27. The van der Waals surface area contributed by atoms with Crippen LogP contribution >= 0.6 is 0 Å². The van der Waals surface area contributed by atoms with Gasteiger partial charge in [0, 0.05) is 33.2 Å². The highest BCUT2D eigenvalue weighted by atomic mass is 16.5. The second-order valence-electron chi connectivity index (χ2n) is 7.01. The number of ether oxygens (including phenoxy) is 1. The zero-order chi connectivity index (χ0) is 15.6. The molecule has 2 atom stereocenters. The number of hydrogen-bond donors (Lipinski definition) is 0. The van der Waals surface area contributed by atoms with Crippen molar-refractivity contribution in [3.63, 3.8) is 0 Å². The number of carbonyl (C=O) groups is 1. The third-order valence-corrected chi connectivity index (χ3v) is 4.83. The molecular formula is C16H31N3O2. The lowest BCUT2D eigenvalue weighted by atomic mass is 9.89. The maximum absolute atomic E-state index is 12.6. The number of morpholine rings is 1. The molecule has 0 aromatic carbocycles. The molecule has 2 fully saturated rings. The molecule has 0 spiro atoms. The van der Waals surface area contributed by atoms with E-state index in [0.717, 1.165) is 39.4 Å². The molecule has 2 heterocycles. The Bertz CT molecular complexity index is 353. The summed E-state index contributed by atoms with van der Waals surface area (Å²) in [5.41, 5.74) is 0. The Balaban J connectivity index is 2.03. The van der Waals surface area contributed by atoms with Crippen LogP contribution in [-0.4, -0.2) is 79.3 Å². The Hall–Kier alpha value is -0.810. The van der Waals surface area contributed by atoms with Gasteiger partial charge in [-0.1, -0.05) is 27.7 Å². The number of amides is 2. The van der Waals surface area contributed by atoms with Gasteiger partial charge in [-0.15, -0.1) is 0 Å². The summed E-state index contributed by atoms with van der Waals surface area (Å²) >= 11 is 0. The fourth-order valence-corrected chi connectivity index (χ4v) is 3.79. The number of urea groups is 1. The highest BCUT2D eigenvalue weighted by Gasteiger charge is 2.46. The molecule has 2 rings (SSSR count). The number of carbonyl (C=O) groups excluding carboxylic acids is 1. The van der Waals surface area contributed by atoms with E-state index in [9.17, 15) is 4.79 Å². The van der Waals surface area contributed by atoms with Crippen molar-refractivity contribution in [1.29, 1.82) is 0 Å².